The molecule has 1 N–H and O–H groups in total. The molecule has 1 aromatic rings. The summed E-state index contributed by atoms with van der Waals surface area (Å²) in [5.74, 6) is 1.05. The molecule has 3 atom stereocenters. The molecule has 0 radical (unpaired) electrons. The third-order valence-corrected chi connectivity index (χ3v) is 3.32. The van der Waals surface area contributed by atoms with Crippen molar-refractivity contribution in [1.29, 1.82) is 0 Å². The maximum atomic E-state index is 10.5. The first-order chi connectivity index (χ1) is 8.08. The highest BCUT2D eigenvalue weighted by molar-refractivity contribution is 5.30. The molecule has 1 aromatic carbocycles. The number of phenolic OH excluding ortho intramolecular Hbond substituents is 1. The van der Waals surface area contributed by atoms with E-state index in [4.69, 9.17) is 0 Å². The molecule has 94 valence electrons. The molecular weight excluding hydrogens is 214 g/mol. The maximum Gasteiger partial charge on any atom is 0.115 e. The molecule has 0 amide bonds. The zero-order valence-corrected chi connectivity index (χ0v) is 10.8. The average Bonchev–Trinajstić information content (AvgIpc) is 2.30. The van der Waals surface area contributed by atoms with Crippen molar-refractivity contribution in [2.75, 3.05) is 0 Å². The Balaban J connectivity index is 2.80. The van der Waals surface area contributed by atoms with Gasteiger partial charge in [0.15, 0.2) is 0 Å². The van der Waals surface area contributed by atoms with Crippen LogP contribution in [0.2, 0.25) is 0 Å². The molecule has 0 fully saturated rings. The van der Waals surface area contributed by atoms with Crippen molar-refractivity contribution in [3.8, 4) is 5.75 Å². The minimum atomic E-state index is -0.142. The molecular formula is C14H21NO2. The Morgan fingerprint density at radius 2 is 2.06 bits per heavy atom. The van der Waals surface area contributed by atoms with Gasteiger partial charge in [-0.2, -0.15) is 4.91 Å². The number of hydrogen-bond acceptors (Lipinski definition) is 3. The van der Waals surface area contributed by atoms with Gasteiger partial charge in [0.1, 0.15) is 5.75 Å². The first-order valence-corrected chi connectivity index (χ1v) is 6.19. The smallest absolute Gasteiger partial charge is 0.115 e. The van der Waals surface area contributed by atoms with E-state index in [-0.39, 0.29) is 6.04 Å². The zero-order chi connectivity index (χ0) is 12.8. The largest absolute Gasteiger partial charge is 0.508 e. The van der Waals surface area contributed by atoms with Gasteiger partial charge < -0.3 is 5.11 Å². The molecule has 3 heteroatoms. The highest BCUT2D eigenvalue weighted by Crippen LogP contribution is 2.32. The molecule has 1 unspecified atom stereocenters. The summed E-state index contributed by atoms with van der Waals surface area (Å²) in [4.78, 5) is 10.5. The highest BCUT2D eigenvalue weighted by atomic mass is 16.3. The van der Waals surface area contributed by atoms with E-state index in [0.29, 0.717) is 17.6 Å². The second-order valence-corrected chi connectivity index (χ2v) is 4.78. The number of benzene rings is 1. The van der Waals surface area contributed by atoms with Crippen LogP contribution in [0.3, 0.4) is 0 Å². The van der Waals surface area contributed by atoms with Gasteiger partial charge >= 0.3 is 0 Å². The van der Waals surface area contributed by atoms with Crippen molar-refractivity contribution in [2.45, 2.75) is 45.6 Å². The lowest BCUT2D eigenvalue weighted by Gasteiger charge is -2.24. The quantitative estimate of drug-likeness (QED) is 0.756. The Hall–Kier alpha value is -1.38. The van der Waals surface area contributed by atoms with E-state index < -0.39 is 0 Å². The van der Waals surface area contributed by atoms with Gasteiger partial charge in [-0.1, -0.05) is 31.2 Å². The van der Waals surface area contributed by atoms with Crippen molar-refractivity contribution in [1.82, 2.24) is 0 Å². The van der Waals surface area contributed by atoms with Gasteiger partial charge in [-0.05, 0) is 49.3 Å². The summed E-state index contributed by atoms with van der Waals surface area (Å²) in [6, 6.07) is 7.24. The van der Waals surface area contributed by atoms with Crippen LogP contribution in [0.1, 0.15) is 45.1 Å². The Morgan fingerprint density at radius 1 is 1.35 bits per heavy atom. The Kier molecular flexibility index (Phi) is 5.13. The van der Waals surface area contributed by atoms with Crippen LogP contribution in [0.4, 0.5) is 0 Å². The summed E-state index contributed by atoms with van der Waals surface area (Å²) in [5, 5.41) is 12.6. The van der Waals surface area contributed by atoms with Crippen molar-refractivity contribution in [3.63, 3.8) is 0 Å². The Labute approximate surface area is 103 Å². The highest BCUT2D eigenvalue weighted by Gasteiger charge is 2.20. The van der Waals surface area contributed by atoms with Crippen LogP contribution in [-0.4, -0.2) is 11.1 Å². The SMILES string of the molecule is CC[C@@H](c1cccc(O)c1)[C@H](C)CC(C)N=O. The van der Waals surface area contributed by atoms with Crippen LogP contribution >= 0.6 is 0 Å². The van der Waals surface area contributed by atoms with E-state index in [9.17, 15) is 10.0 Å². The molecule has 17 heavy (non-hydrogen) atoms. The monoisotopic (exact) mass is 235 g/mol. The number of nitroso groups, excluding NO2 is 1. The molecule has 0 aliphatic rings. The first-order valence-electron chi connectivity index (χ1n) is 6.19. The predicted molar refractivity (Wildman–Crippen MR) is 70.2 cm³/mol. The maximum absolute atomic E-state index is 10.5. The summed E-state index contributed by atoms with van der Waals surface area (Å²) >= 11 is 0. The summed E-state index contributed by atoms with van der Waals surface area (Å²) in [6.45, 7) is 6.11. The van der Waals surface area contributed by atoms with Crippen LogP contribution in [0.25, 0.3) is 0 Å². The number of phenols is 1. The summed E-state index contributed by atoms with van der Waals surface area (Å²) in [5.41, 5.74) is 1.14. The van der Waals surface area contributed by atoms with Gasteiger partial charge in [0, 0.05) is 0 Å². The summed E-state index contributed by atoms with van der Waals surface area (Å²) in [6.07, 6.45) is 1.79. The Morgan fingerprint density at radius 3 is 2.59 bits per heavy atom. The molecule has 0 bridgehead atoms. The molecule has 0 heterocycles. The van der Waals surface area contributed by atoms with E-state index in [0.717, 1.165) is 18.4 Å². The molecule has 0 aliphatic carbocycles. The molecule has 0 saturated heterocycles. The third-order valence-electron chi connectivity index (χ3n) is 3.32. The fourth-order valence-corrected chi connectivity index (χ4v) is 2.47. The van der Waals surface area contributed by atoms with E-state index in [1.54, 1.807) is 6.07 Å². The molecule has 0 spiro atoms. The Bertz CT molecular complexity index is 365. The van der Waals surface area contributed by atoms with Crippen LogP contribution in [0.5, 0.6) is 5.75 Å². The van der Waals surface area contributed by atoms with E-state index in [2.05, 4.69) is 19.0 Å². The van der Waals surface area contributed by atoms with Crippen LogP contribution in [0.15, 0.2) is 29.4 Å². The van der Waals surface area contributed by atoms with Gasteiger partial charge in [0.05, 0.1) is 6.04 Å². The van der Waals surface area contributed by atoms with E-state index in [1.807, 2.05) is 25.1 Å². The lowest BCUT2D eigenvalue weighted by Crippen LogP contribution is -2.14. The topological polar surface area (TPSA) is 49.7 Å². The lowest BCUT2D eigenvalue weighted by molar-refractivity contribution is 0.390. The van der Waals surface area contributed by atoms with Gasteiger partial charge in [-0.25, -0.2) is 0 Å². The third kappa shape index (κ3) is 3.84. The minimum absolute atomic E-state index is 0.142. The molecule has 1 rings (SSSR count). The van der Waals surface area contributed by atoms with Crippen LogP contribution < -0.4 is 0 Å². The van der Waals surface area contributed by atoms with Crippen LogP contribution in [-0.2, 0) is 0 Å². The number of hydrogen-bond donors (Lipinski definition) is 1. The lowest BCUT2D eigenvalue weighted by atomic mass is 9.82. The van der Waals surface area contributed by atoms with Crippen LogP contribution in [0, 0.1) is 10.8 Å². The first kappa shape index (κ1) is 13.7. The molecule has 0 aromatic heterocycles. The number of nitrogens with zero attached hydrogens (tertiary/aromatic N) is 1. The number of rotatable bonds is 6. The van der Waals surface area contributed by atoms with Crippen molar-refractivity contribution < 1.29 is 5.11 Å². The predicted octanol–water partition coefficient (Wildman–Crippen LogP) is 4.07. The van der Waals surface area contributed by atoms with Gasteiger partial charge in [-0.15, -0.1) is 0 Å². The summed E-state index contributed by atoms with van der Waals surface area (Å²) in [7, 11) is 0. The van der Waals surface area contributed by atoms with E-state index >= 15 is 0 Å². The molecule has 3 nitrogen and oxygen atoms in total. The van der Waals surface area contributed by atoms with Crippen molar-refractivity contribution >= 4 is 0 Å². The minimum Gasteiger partial charge on any atom is -0.508 e. The van der Waals surface area contributed by atoms with Gasteiger partial charge in [-0.3, -0.25) is 0 Å². The summed E-state index contributed by atoms with van der Waals surface area (Å²) < 4.78 is 0. The second kappa shape index (κ2) is 6.38. The fourth-order valence-electron chi connectivity index (χ4n) is 2.47. The standard InChI is InChI=1S/C14H21NO2/c1-4-14(10(2)8-11(3)15-17)12-6-5-7-13(16)9-12/h5-7,9-11,14,16H,4,8H2,1-3H3/t10-,11?,14-/m1/s1. The fraction of sp³-hybridized carbons (Fsp3) is 0.571. The average molecular weight is 235 g/mol. The zero-order valence-electron chi connectivity index (χ0n) is 10.8. The van der Waals surface area contributed by atoms with E-state index in [1.165, 1.54) is 0 Å². The normalized spacial score (nSPS) is 16.2. The van der Waals surface area contributed by atoms with Gasteiger partial charge in [0.25, 0.3) is 0 Å². The molecule has 0 aliphatic heterocycles. The molecule has 0 saturated carbocycles. The van der Waals surface area contributed by atoms with Crippen molar-refractivity contribution in [2.24, 2.45) is 11.1 Å². The van der Waals surface area contributed by atoms with Crippen molar-refractivity contribution in [3.05, 3.63) is 34.7 Å². The number of aromatic hydroxyl groups is 1. The second-order valence-electron chi connectivity index (χ2n) is 4.78. The van der Waals surface area contributed by atoms with Gasteiger partial charge in [0.2, 0.25) is 0 Å².